The van der Waals surface area contributed by atoms with Crippen LogP contribution in [0.25, 0.3) is 0 Å². The highest BCUT2D eigenvalue weighted by atomic mass is 16.4. The molecule has 1 aromatic rings. The molecule has 1 saturated heterocycles. The van der Waals surface area contributed by atoms with Crippen molar-refractivity contribution in [3.63, 3.8) is 0 Å². The average Bonchev–Trinajstić information content (AvgIpc) is 2.70. The molecule has 5 atom stereocenters. The summed E-state index contributed by atoms with van der Waals surface area (Å²) in [6.07, 6.45) is 3.39. The summed E-state index contributed by atoms with van der Waals surface area (Å²) in [6.45, 7) is 1.22. The lowest BCUT2D eigenvalue weighted by Gasteiger charge is -2.58. The van der Waals surface area contributed by atoms with E-state index in [0.717, 1.165) is 12.0 Å². The Bertz CT molecular complexity index is 764. The van der Waals surface area contributed by atoms with Gasteiger partial charge in [0.25, 0.3) is 0 Å². The summed E-state index contributed by atoms with van der Waals surface area (Å²) < 4.78 is 0. The number of aliphatic hydroxyl groups excluding tert-OH is 2. The van der Waals surface area contributed by atoms with Gasteiger partial charge in [-0.1, -0.05) is 18.9 Å². The molecule has 160 valence electrons. The van der Waals surface area contributed by atoms with Crippen LogP contribution in [-0.2, 0) is 21.4 Å². The van der Waals surface area contributed by atoms with Gasteiger partial charge in [0, 0.05) is 11.5 Å². The van der Waals surface area contributed by atoms with Gasteiger partial charge < -0.3 is 30.4 Å². The van der Waals surface area contributed by atoms with Gasteiger partial charge >= 0.3 is 11.9 Å². The number of hydrogen-bond acceptors (Lipinski definition) is 6. The second-order valence-electron chi connectivity index (χ2n) is 8.42. The molecule has 0 aromatic heterocycles. The molecule has 1 saturated carbocycles. The first kappa shape index (κ1) is 21.5. The Morgan fingerprint density at radius 1 is 1.10 bits per heavy atom. The van der Waals surface area contributed by atoms with E-state index in [1.54, 1.807) is 0 Å². The van der Waals surface area contributed by atoms with Gasteiger partial charge in [-0.25, -0.2) is 9.59 Å². The van der Waals surface area contributed by atoms with E-state index in [-0.39, 0.29) is 0 Å². The number of aliphatic hydroxyl groups is 2. The van der Waals surface area contributed by atoms with E-state index in [1.807, 2.05) is 6.07 Å². The molecular formula is C21H29NO7. The van der Waals surface area contributed by atoms with Gasteiger partial charge in [0.1, 0.15) is 5.75 Å². The Labute approximate surface area is 169 Å². The monoisotopic (exact) mass is 407 g/mol. The maximum absolute atomic E-state index is 9.91. The van der Waals surface area contributed by atoms with E-state index < -0.39 is 24.1 Å². The van der Waals surface area contributed by atoms with Crippen molar-refractivity contribution >= 4 is 11.9 Å². The number of piperidine rings is 1. The van der Waals surface area contributed by atoms with Crippen LogP contribution in [0.3, 0.4) is 0 Å². The van der Waals surface area contributed by atoms with Gasteiger partial charge in [0.05, 0.1) is 0 Å². The Hall–Kier alpha value is -2.16. The molecule has 1 aliphatic heterocycles. The predicted octanol–water partition coefficient (Wildman–Crippen LogP) is 0.958. The molecule has 2 bridgehead atoms. The topological polar surface area (TPSA) is 139 Å². The molecule has 8 nitrogen and oxygen atoms in total. The van der Waals surface area contributed by atoms with Crippen LogP contribution < -0.4 is 0 Å². The van der Waals surface area contributed by atoms with Gasteiger partial charge in [0.2, 0.25) is 0 Å². The Morgan fingerprint density at radius 2 is 1.76 bits per heavy atom. The number of carbonyl (C=O) groups is 2. The van der Waals surface area contributed by atoms with Crippen molar-refractivity contribution < 1.29 is 35.1 Å². The number of rotatable bonds is 3. The van der Waals surface area contributed by atoms with E-state index in [1.165, 1.54) is 56.2 Å². The van der Waals surface area contributed by atoms with Crippen LogP contribution in [0.2, 0.25) is 0 Å². The summed E-state index contributed by atoms with van der Waals surface area (Å²) in [5.74, 6) is -2.27. The third-order valence-electron chi connectivity index (χ3n) is 6.90. The number of phenols is 1. The summed E-state index contributed by atoms with van der Waals surface area (Å²) >= 11 is 0. The molecule has 1 aromatic carbocycles. The van der Waals surface area contributed by atoms with Crippen LogP contribution in [0.4, 0.5) is 0 Å². The third kappa shape index (κ3) is 3.97. The van der Waals surface area contributed by atoms with Crippen molar-refractivity contribution in [3.05, 3.63) is 29.3 Å². The molecule has 5 unspecified atom stereocenters. The minimum absolute atomic E-state index is 0.377. The summed E-state index contributed by atoms with van der Waals surface area (Å²) in [6, 6.07) is 6.85. The fourth-order valence-electron chi connectivity index (χ4n) is 5.45. The lowest BCUT2D eigenvalue weighted by molar-refractivity contribution is -0.165. The number of carboxylic acids is 2. The Kier molecular flexibility index (Phi) is 6.16. The fraction of sp³-hybridized carbons (Fsp3) is 0.619. The van der Waals surface area contributed by atoms with Crippen LogP contribution in [0.15, 0.2) is 18.2 Å². The van der Waals surface area contributed by atoms with Crippen LogP contribution in [0.5, 0.6) is 5.75 Å². The minimum atomic E-state index is -2.27. The second-order valence-corrected chi connectivity index (χ2v) is 8.42. The van der Waals surface area contributed by atoms with Crippen molar-refractivity contribution in [2.75, 3.05) is 13.6 Å². The zero-order valence-electron chi connectivity index (χ0n) is 16.5. The second kappa shape index (κ2) is 8.30. The normalized spacial score (nSPS) is 30.0. The van der Waals surface area contributed by atoms with Gasteiger partial charge in [-0.05, 0) is 68.5 Å². The summed E-state index contributed by atoms with van der Waals surface area (Å²) in [7, 11) is 2.30. The minimum Gasteiger partial charge on any atom is -0.508 e. The van der Waals surface area contributed by atoms with E-state index in [9.17, 15) is 14.7 Å². The van der Waals surface area contributed by atoms with E-state index in [4.69, 9.17) is 20.4 Å². The van der Waals surface area contributed by atoms with Gasteiger partial charge in [-0.2, -0.15) is 0 Å². The van der Waals surface area contributed by atoms with Crippen molar-refractivity contribution in [2.45, 2.75) is 62.2 Å². The number of nitrogens with zero attached hydrogens (tertiary/aromatic N) is 1. The van der Waals surface area contributed by atoms with Crippen LogP contribution in [0, 0.1) is 5.92 Å². The number of carboxylic acid groups (broad SMARTS) is 2. The molecule has 1 heterocycles. The van der Waals surface area contributed by atoms with Crippen LogP contribution >= 0.6 is 0 Å². The molecule has 0 amide bonds. The first-order valence-electron chi connectivity index (χ1n) is 10.0. The maximum atomic E-state index is 9.91. The summed E-state index contributed by atoms with van der Waals surface area (Å²) in [5, 5.41) is 42.4. The lowest BCUT2D eigenvalue weighted by atomic mass is 9.52. The summed E-state index contributed by atoms with van der Waals surface area (Å²) in [5.41, 5.74) is 3.36. The first-order chi connectivity index (χ1) is 13.7. The molecule has 3 aliphatic rings. The van der Waals surface area contributed by atoms with Crippen molar-refractivity contribution in [1.29, 1.82) is 0 Å². The SMILES string of the molecule is CN1CCC23CCCCC2C1Cc1ccc(O)cc13.O=C(O)C(O)C(O)C(=O)O. The fourth-order valence-corrected chi connectivity index (χ4v) is 5.45. The molecule has 4 rings (SSSR count). The third-order valence-corrected chi connectivity index (χ3v) is 6.90. The Morgan fingerprint density at radius 3 is 2.38 bits per heavy atom. The molecule has 29 heavy (non-hydrogen) atoms. The highest BCUT2D eigenvalue weighted by molar-refractivity contribution is 5.83. The number of hydrogen-bond donors (Lipinski definition) is 5. The average molecular weight is 407 g/mol. The molecule has 2 aliphatic carbocycles. The number of aliphatic carboxylic acids is 2. The van der Waals surface area contributed by atoms with Gasteiger partial charge in [0.15, 0.2) is 12.2 Å². The number of aromatic hydroxyl groups is 1. The first-order valence-corrected chi connectivity index (χ1v) is 10.0. The summed E-state index contributed by atoms with van der Waals surface area (Å²) in [4.78, 5) is 22.1. The van der Waals surface area contributed by atoms with Gasteiger partial charge in [-0.3, -0.25) is 0 Å². The van der Waals surface area contributed by atoms with Crippen molar-refractivity contribution in [2.24, 2.45) is 5.92 Å². The largest absolute Gasteiger partial charge is 0.508 e. The quantitative estimate of drug-likeness (QED) is 0.499. The molecule has 8 heteroatoms. The smallest absolute Gasteiger partial charge is 0.335 e. The number of phenolic OH excluding ortho intramolecular Hbond substituents is 1. The van der Waals surface area contributed by atoms with Crippen LogP contribution in [0.1, 0.15) is 43.2 Å². The standard InChI is InChI=1S/C17H23NO.C4H6O6/c1-18-9-8-17-7-3-2-4-14(17)16(18)10-12-5-6-13(19)11-15(12)17;5-1(3(7)8)2(6)4(9)10/h5-6,11,14,16,19H,2-4,7-10H2,1H3;1-2,5-6H,(H,7,8)(H,9,10). The molecular weight excluding hydrogens is 378 g/mol. The maximum Gasteiger partial charge on any atom is 0.335 e. The Balaban J connectivity index is 0.000000207. The van der Waals surface area contributed by atoms with E-state index in [0.29, 0.717) is 11.2 Å². The van der Waals surface area contributed by atoms with Crippen molar-refractivity contribution in [1.82, 2.24) is 4.90 Å². The number of likely N-dealkylation sites (tertiary alicyclic amines) is 1. The van der Waals surface area contributed by atoms with Crippen molar-refractivity contribution in [3.8, 4) is 5.75 Å². The molecule has 0 spiro atoms. The highest BCUT2D eigenvalue weighted by Crippen LogP contribution is 2.55. The van der Waals surface area contributed by atoms with Gasteiger partial charge in [-0.15, -0.1) is 0 Å². The van der Waals surface area contributed by atoms with E-state index in [2.05, 4.69) is 24.1 Å². The number of fused-ring (bicyclic) bond motifs is 1. The zero-order chi connectivity index (χ0) is 21.3. The molecule has 0 radical (unpaired) electrons. The molecule has 5 N–H and O–H groups in total. The van der Waals surface area contributed by atoms with Crippen LogP contribution in [-0.4, -0.2) is 74.2 Å². The lowest BCUT2D eigenvalue weighted by Crippen LogP contribution is -2.59. The number of benzene rings is 1. The van der Waals surface area contributed by atoms with E-state index >= 15 is 0 Å². The number of likely N-dealkylation sites (N-methyl/N-ethyl adjacent to an activating group) is 1. The predicted molar refractivity (Wildman–Crippen MR) is 104 cm³/mol. The highest BCUT2D eigenvalue weighted by Gasteiger charge is 2.53. The molecule has 2 fully saturated rings. The zero-order valence-corrected chi connectivity index (χ0v) is 16.5.